The third kappa shape index (κ3) is 2.83. The Labute approximate surface area is 103 Å². The lowest BCUT2D eigenvalue weighted by Gasteiger charge is -2.06. The van der Waals surface area contributed by atoms with Gasteiger partial charge in [-0.25, -0.2) is 0 Å². The first-order valence-electron chi connectivity index (χ1n) is 4.01. The van der Waals surface area contributed by atoms with E-state index in [9.17, 15) is 14.9 Å². The van der Waals surface area contributed by atoms with Crippen molar-refractivity contribution < 1.29 is 14.8 Å². The summed E-state index contributed by atoms with van der Waals surface area (Å²) in [6.07, 6.45) is 0. The van der Waals surface area contributed by atoms with Crippen LogP contribution in [-0.4, -0.2) is 22.5 Å². The Hall–Kier alpha value is -1.34. The fraction of sp³-hybridized carbons (Fsp3) is 0.125. The summed E-state index contributed by atoms with van der Waals surface area (Å²) in [6.45, 7) is -0.418. The van der Waals surface area contributed by atoms with Gasteiger partial charge in [-0.1, -0.05) is 11.6 Å². The highest BCUT2D eigenvalue weighted by molar-refractivity contribution is 9.10. The zero-order valence-electron chi connectivity index (χ0n) is 7.74. The number of rotatable bonds is 4. The maximum absolute atomic E-state index is 10.8. The quantitative estimate of drug-likeness (QED) is 0.658. The van der Waals surface area contributed by atoms with E-state index in [1.807, 2.05) is 0 Å². The molecule has 2 N–H and O–H groups in total. The van der Waals surface area contributed by atoms with Crippen molar-refractivity contribution in [3.8, 4) is 0 Å². The molecule has 0 bridgehead atoms. The summed E-state index contributed by atoms with van der Waals surface area (Å²) in [7, 11) is 0. The number of nitro benzene ring substituents is 1. The van der Waals surface area contributed by atoms with E-state index in [2.05, 4.69) is 21.2 Å². The molecule has 0 aliphatic heterocycles. The molecule has 0 saturated carbocycles. The van der Waals surface area contributed by atoms with Gasteiger partial charge in [-0.3, -0.25) is 14.9 Å². The van der Waals surface area contributed by atoms with Crippen molar-refractivity contribution in [3.05, 3.63) is 31.7 Å². The van der Waals surface area contributed by atoms with Crippen LogP contribution >= 0.6 is 27.5 Å². The molecule has 0 spiro atoms. The molecule has 0 aromatic heterocycles. The van der Waals surface area contributed by atoms with Crippen molar-refractivity contribution >= 4 is 44.9 Å². The molecule has 0 atom stereocenters. The normalized spacial score (nSPS) is 9.88. The standard InChI is InChI=1S/C8H6BrClN2O4/c9-4-1-2-5(11-3-6(13)14)8(7(4)10)12(15)16/h1-2,11H,3H2,(H,13,14). The Morgan fingerprint density at radius 3 is 2.75 bits per heavy atom. The summed E-state index contributed by atoms with van der Waals surface area (Å²) in [6, 6.07) is 2.89. The van der Waals surface area contributed by atoms with Crippen LogP contribution in [0.2, 0.25) is 5.02 Å². The van der Waals surface area contributed by atoms with Crippen LogP contribution in [0, 0.1) is 10.1 Å². The lowest BCUT2D eigenvalue weighted by molar-refractivity contribution is -0.383. The summed E-state index contributed by atoms with van der Waals surface area (Å²) in [5.74, 6) is -1.12. The smallest absolute Gasteiger partial charge is 0.322 e. The predicted octanol–water partition coefficient (Wildman–Crippen LogP) is 2.51. The molecule has 0 aliphatic rings. The lowest BCUT2D eigenvalue weighted by atomic mass is 10.2. The topological polar surface area (TPSA) is 92.5 Å². The number of carboxylic acid groups (broad SMARTS) is 1. The maximum Gasteiger partial charge on any atom is 0.322 e. The van der Waals surface area contributed by atoms with Crippen LogP contribution in [0.4, 0.5) is 11.4 Å². The van der Waals surface area contributed by atoms with Gasteiger partial charge in [-0.05, 0) is 28.1 Å². The minimum absolute atomic E-state index is 0.0691. The number of anilines is 1. The van der Waals surface area contributed by atoms with Crippen molar-refractivity contribution in [2.45, 2.75) is 0 Å². The fourth-order valence-electron chi connectivity index (χ4n) is 1.03. The van der Waals surface area contributed by atoms with Gasteiger partial charge in [-0.2, -0.15) is 0 Å². The van der Waals surface area contributed by atoms with E-state index in [4.69, 9.17) is 16.7 Å². The predicted molar refractivity (Wildman–Crippen MR) is 61.9 cm³/mol. The molecule has 0 fully saturated rings. The van der Waals surface area contributed by atoms with E-state index < -0.39 is 17.4 Å². The fourth-order valence-corrected chi connectivity index (χ4v) is 1.59. The first-order valence-corrected chi connectivity index (χ1v) is 5.18. The zero-order chi connectivity index (χ0) is 12.3. The van der Waals surface area contributed by atoms with E-state index in [0.717, 1.165) is 0 Å². The van der Waals surface area contributed by atoms with Gasteiger partial charge in [0.25, 0.3) is 0 Å². The Balaban J connectivity index is 3.13. The molecule has 0 amide bonds. The van der Waals surface area contributed by atoms with E-state index in [-0.39, 0.29) is 16.4 Å². The van der Waals surface area contributed by atoms with Gasteiger partial charge in [0.1, 0.15) is 17.3 Å². The van der Waals surface area contributed by atoms with E-state index in [1.54, 1.807) is 0 Å². The summed E-state index contributed by atoms with van der Waals surface area (Å²) in [4.78, 5) is 20.4. The number of aliphatic carboxylic acids is 1. The molecule has 8 heteroatoms. The monoisotopic (exact) mass is 308 g/mol. The average molecular weight is 310 g/mol. The van der Waals surface area contributed by atoms with Crippen LogP contribution in [-0.2, 0) is 4.79 Å². The number of nitrogens with zero attached hydrogens (tertiary/aromatic N) is 1. The molecule has 0 unspecified atom stereocenters. The lowest BCUT2D eigenvalue weighted by Crippen LogP contribution is -2.13. The number of nitro groups is 1. The molecule has 16 heavy (non-hydrogen) atoms. The second-order valence-electron chi connectivity index (χ2n) is 2.76. The number of carbonyl (C=O) groups is 1. The number of benzene rings is 1. The van der Waals surface area contributed by atoms with Gasteiger partial charge in [-0.15, -0.1) is 0 Å². The Morgan fingerprint density at radius 2 is 2.25 bits per heavy atom. The molecule has 0 saturated heterocycles. The minimum atomic E-state index is -1.12. The summed E-state index contributed by atoms with van der Waals surface area (Å²) >= 11 is 8.78. The molecule has 86 valence electrons. The zero-order valence-corrected chi connectivity index (χ0v) is 10.1. The van der Waals surface area contributed by atoms with Crippen molar-refractivity contribution in [1.82, 2.24) is 0 Å². The molecule has 0 radical (unpaired) electrons. The summed E-state index contributed by atoms with van der Waals surface area (Å²) in [5, 5.41) is 21.6. The van der Waals surface area contributed by atoms with Crippen LogP contribution in [0.3, 0.4) is 0 Å². The van der Waals surface area contributed by atoms with E-state index in [0.29, 0.717) is 4.47 Å². The molecule has 0 aliphatic carbocycles. The second-order valence-corrected chi connectivity index (χ2v) is 3.99. The van der Waals surface area contributed by atoms with Crippen LogP contribution in [0.15, 0.2) is 16.6 Å². The second kappa shape index (κ2) is 5.13. The van der Waals surface area contributed by atoms with Gasteiger partial charge in [0.2, 0.25) is 0 Å². The first kappa shape index (κ1) is 12.7. The molecule has 1 rings (SSSR count). The molecule has 6 nitrogen and oxygen atoms in total. The molecular formula is C8H6BrClN2O4. The van der Waals surface area contributed by atoms with Gasteiger partial charge < -0.3 is 10.4 Å². The molecule has 0 heterocycles. The van der Waals surface area contributed by atoms with Crippen LogP contribution in [0.25, 0.3) is 0 Å². The van der Waals surface area contributed by atoms with Crippen molar-refractivity contribution in [2.75, 3.05) is 11.9 Å². The molecule has 1 aromatic rings. The number of nitrogens with one attached hydrogen (secondary N) is 1. The highest BCUT2D eigenvalue weighted by Crippen LogP contribution is 2.37. The van der Waals surface area contributed by atoms with Crippen molar-refractivity contribution in [1.29, 1.82) is 0 Å². The largest absolute Gasteiger partial charge is 0.480 e. The van der Waals surface area contributed by atoms with Gasteiger partial charge in [0.05, 0.1) is 4.92 Å². The van der Waals surface area contributed by atoms with Crippen LogP contribution in [0.1, 0.15) is 0 Å². The summed E-state index contributed by atoms with van der Waals surface area (Å²) in [5.41, 5.74) is -0.280. The number of hydrogen-bond acceptors (Lipinski definition) is 4. The first-order chi connectivity index (χ1) is 7.43. The van der Waals surface area contributed by atoms with E-state index in [1.165, 1.54) is 12.1 Å². The van der Waals surface area contributed by atoms with Gasteiger partial charge in [0.15, 0.2) is 0 Å². The van der Waals surface area contributed by atoms with Gasteiger partial charge >= 0.3 is 11.7 Å². The SMILES string of the molecule is O=C(O)CNc1ccc(Br)c(Cl)c1[N+](=O)[O-]. The third-order valence-electron chi connectivity index (χ3n) is 1.68. The Kier molecular flexibility index (Phi) is 4.08. The van der Waals surface area contributed by atoms with E-state index >= 15 is 0 Å². The number of halogens is 2. The molecule has 1 aromatic carbocycles. The van der Waals surface area contributed by atoms with Crippen LogP contribution < -0.4 is 5.32 Å². The average Bonchev–Trinajstić information content (AvgIpc) is 2.19. The van der Waals surface area contributed by atoms with Gasteiger partial charge in [0, 0.05) is 4.47 Å². The molecular weight excluding hydrogens is 303 g/mol. The number of hydrogen-bond donors (Lipinski definition) is 2. The Morgan fingerprint density at radius 1 is 1.62 bits per heavy atom. The van der Waals surface area contributed by atoms with Crippen molar-refractivity contribution in [2.24, 2.45) is 0 Å². The third-order valence-corrected chi connectivity index (χ3v) is 2.95. The minimum Gasteiger partial charge on any atom is -0.480 e. The summed E-state index contributed by atoms with van der Waals surface area (Å²) < 4.78 is 0.377. The highest BCUT2D eigenvalue weighted by atomic mass is 79.9. The van der Waals surface area contributed by atoms with Crippen LogP contribution in [0.5, 0.6) is 0 Å². The van der Waals surface area contributed by atoms with Crippen molar-refractivity contribution in [3.63, 3.8) is 0 Å². The highest BCUT2D eigenvalue weighted by Gasteiger charge is 2.21. The maximum atomic E-state index is 10.8. The Bertz CT molecular complexity index is 452. The number of carboxylic acids is 1.